The average molecular weight is 308 g/mol. The summed E-state index contributed by atoms with van der Waals surface area (Å²) in [5, 5.41) is 28.4. The predicted octanol–water partition coefficient (Wildman–Crippen LogP) is -0.291. The molecule has 0 amide bonds. The van der Waals surface area contributed by atoms with E-state index in [-0.39, 0.29) is 13.1 Å². The number of aliphatic hydroxyl groups excluding tert-OH is 2. The molecular weight excluding hydrogens is 295 g/mol. The Bertz CT molecular complexity index is 585. The summed E-state index contributed by atoms with van der Waals surface area (Å²) >= 11 is 0. The number of rotatable bonds is 7. The largest absolute Gasteiger partial charge is 0.395 e. The van der Waals surface area contributed by atoms with E-state index in [1.54, 1.807) is 0 Å². The monoisotopic (exact) mass is 308 g/mol. The summed E-state index contributed by atoms with van der Waals surface area (Å²) in [6.07, 6.45) is 0. The van der Waals surface area contributed by atoms with Crippen LogP contribution in [0.4, 0.5) is 10.1 Å². The summed E-state index contributed by atoms with van der Waals surface area (Å²) in [7, 11) is -4.39. The number of aliphatic hydroxyl groups is 2. The molecule has 0 saturated carbocycles. The summed E-state index contributed by atoms with van der Waals surface area (Å²) in [5.74, 6) is -1.27. The van der Waals surface area contributed by atoms with Crippen LogP contribution in [0.5, 0.6) is 0 Å². The maximum atomic E-state index is 13.4. The van der Waals surface area contributed by atoms with Gasteiger partial charge in [0.25, 0.3) is 0 Å². The fourth-order valence-corrected chi connectivity index (χ4v) is 3.18. The van der Waals surface area contributed by atoms with Crippen molar-refractivity contribution < 1.29 is 27.9 Å². The van der Waals surface area contributed by atoms with Crippen LogP contribution < -0.4 is 0 Å². The van der Waals surface area contributed by atoms with Crippen LogP contribution in [0.3, 0.4) is 0 Å². The normalized spacial score (nSPS) is 11.8. The molecule has 0 bridgehead atoms. The number of sulfonamides is 1. The van der Waals surface area contributed by atoms with Crippen LogP contribution in [-0.4, -0.2) is 54.2 Å². The first-order chi connectivity index (χ1) is 9.36. The first-order valence-corrected chi connectivity index (χ1v) is 6.95. The lowest BCUT2D eigenvalue weighted by Crippen LogP contribution is -2.36. The fraction of sp³-hybridized carbons (Fsp3) is 0.400. The second kappa shape index (κ2) is 6.70. The highest BCUT2D eigenvalue weighted by molar-refractivity contribution is 7.89. The van der Waals surface area contributed by atoms with Crippen LogP contribution in [0.1, 0.15) is 0 Å². The summed E-state index contributed by atoms with van der Waals surface area (Å²) in [4.78, 5) is 8.87. The molecular formula is C10H13FN2O6S. The molecule has 1 aromatic carbocycles. The molecule has 0 aliphatic heterocycles. The van der Waals surface area contributed by atoms with Gasteiger partial charge in [-0.15, -0.1) is 0 Å². The van der Waals surface area contributed by atoms with Crippen molar-refractivity contribution in [3.8, 4) is 0 Å². The second-order valence-electron chi connectivity index (χ2n) is 3.69. The quantitative estimate of drug-likeness (QED) is 0.527. The first kappa shape index (κ1) is 16.4. The van der Waals surface area contributed by atoms with Gasteiger partial charge in [0.05, 0.1) is 18.1 Å². The van der Waals surface area contributed by atoms with Gasteiger partial charge < -0.3 is 10.2 Å². The molecule has 0 aromatic heterocycles. The number of halogens is 1. The van der Waals surface area contributed by atoms with Crippen molar-refractivity contribution in [2.45, 2.75) is 4.90 Å². The number of benzene rings is 1. The number of nitrogens with zero attached hydrogens (tertiary/aromatic N) is 2. The van der Waals surface area contributed by atoms with Crippen molar-refractivity contribution in [1.82, 2.24) is 4.31 Å². The van der Waals surface area contributed by atoms with E-state index in [0.29, 0.717) is 4.31 Å². The summed E-state index contributed by atoms with van der Waals surface area (Å²) < 4.78 is 38.5. The Labute approximate surface area is 114 Å². The highest BCUT2D eigenvalue weighted by Crippen LogP contribution is 2.28. The van der Waals surface area contributed by atoms with Gasteiger partial charge in [0, 0.05) is 13.1 Å². The van der Waals surface area contributed by atoms with E-state index in [4.69, 9.17) is 10.2 Å². The average Bonchev–Trinajstić information content (AvgIpc) is 2.37. The van der Waals surface area contributed by atoms with E-state index < -0.39 is 44.6 Å². The Balaban J connectivity index is 3.41. The molecule has 112 valence electrons. The van der Waals surface area contributed by atoms with E-state index in [1.807, 2.05) is 0 Å². The van der Waals surface area contributed by atoms with Crippen molar-refractivity contribution in [3.05, 3.63) is 34.1 Å². The van der Waals surface area contributed by atoms with E-state index in [0.717, 1.165) is 18.2 Å². The third-order valence-electron chi connectivity index (χ3n) is 2.45. The molecule has 0 fully saturated rings. The number of para-hydroxylation sites is 1. The first-order valence-electron chi connectivity index (χ1n) is 5.51. The molecule has 1 aromatic rings. The van der Waals surface area contributed by atoms with E-state index in [9.17, 15) is 22.9 Å². The smallest absolute Gasteiger partial charge is 0.324 e. The molecule has 2 N–H and O–H groups in total. The molecule has 0 atom stereocenters. The Morgan fingerprint density at radius 1 is 1.25 bits per heavy atom. The van der Waals surface area contributed by atoms with Gasteiger partial charge in [-0.05, 0) is 12.1 Å². The van der Waals surface area contributed by atoms with E-state index in [2.05, 4.69) is 0 Å². The van der Waals surface area contributed by atoms with Gasteiger partial charge >= 0.3 is 5.69 Å². The third-order valence-corrected chi connectivity index (χ3v) is 4.38. The maximum Gasteiger partial charge on any atom is 0.324 e. The van der Waals surface area contributed by atoms with E-state index >= 15 is 0 Å². The maximum absolute atomic E-state index is 13.4. The minimum absolute atomic E-state index is 0.365. The molecule has 0 radical (unpaired) electrons. The van der Waals surface area contributed by atoms with Crippen LogP contribution in [0.15, 0.2) is 23.1 Å². The van der Waals surface area contributed by atoms with Gasteiger partial charge in [-0.3, -0.25) is 10.1 Å². The van der Waals surface area contributed by atoms with Crippen molar-refractivity contribution >= 4 is 15.7 Å². The lowest BCUT2D eigenvalue weighted by Gasteiger charge is -2.20. The van der Waals surface area contributed by atoms with Crippen LogP contribution in [0, 0.1) is 15.9 Å². The fourth-order valence-electron chi connectivity index (χ4n) is 1.60. The standard InChI is InChI=1S/C10H13FN2O6S/c11-8-2-1-3-9(10(8)13(16)17)20(18,19)12(4-6-14)5-7-15/h1-3,14-15H,4-7H2. The molecule has 0 spiro atoms. The Morgan fingerprint density at radius 3 is 2.25 bits per heavy atom. The van der Waals surface area contributed by atoms with Gasteiger partial charge in [0.1, 0.15) is 0 Å². The van der Waals surface area contributed by atoms with Crippen molar-refractivity contribution in [1.29, 1.82) is 0 Å². The van der Waals surface area contributed by atoms with Gasteiger partial charge in [-0.2, -0.15) is 8.70 Å². The molecule has 20 heavy (non-hydrogen) atoms. The van der Waals surface area contributed by atoms with Crippen LogP contribution >= 0.6 is 0 Å². The third kappa shape index (κ3) is 3.28. The summed E-state index contributed by atoms with van der Waals surface area (Å²) in [6.45, 7) is -1.81. The molecule has 0 unspecified atom stereocenters. The minimum atomic E-state index is -4.39. The van der Waals surface area contributed by atoms with Crippen molar-refractivity contribution in [2.24, 2.45) is 0 Å². The molecule has 8 nitrogen and oxygen atoms in total. The van der Waals surface area contributed by atoms with Gasteiger partial charge in [-0.25, -0.2) is 8.42 Å². The molecule has 0 saturated heterocycles. The van der Waals surface area contributed by atoms with Crippen LogP contribution in [-0.2, 0) is 10.0 Å². The molecule has 1 rings (SSSR count). The van der Waals surface area contributed by atoms with Crippen LogP contribution in [0.25, 0.3) is 0 Å². The Hall–Kier alpha value is -1.62. The molecule has 0 aliphatic rings. The highest BCUT2D eigenvalue weighted by Gasteiger charge is 2.33. The zero-order valence-electron chi connectivity index (χ0n) is 10.3. The number of nitro groups is 1. The van der Waals surface area contributed by atoms with Gasteiger partial charge in [-0.1, -0.05) is 6.07 Å². The summed E-state index contributed by atoms with van der Waals surface area (Å²) in [5.41, 5.74) is -1.16. The molecule has 0 aliphatic carbocycles. The summed E-state index contributed by atoms with van der Waals surface area (Å²) in [6, 6.07) is 2.71. The molecule has 0 heterocycles. The number of nitro benzene ring substituents is 1. The Morgan fingerprint density at radius 2 is 1.80 bits per heavy atom. The Kier molecular flexibility index (Phi) is 5.51. The van der Waals surface area contributed by atoms with Crippen LogP contribution in [0.2, 0.25) is 0 Å². The second-order valence-corrected chi connectivity index (χ2v) is 5.60. The highest BCUT2D eigenvalue weighted by atomic mass is 32.2. The predicted molar refractivity (Wildman–Crippen MR) is 66.0 cm³/mol. The lowest BCUT2D eigenvalue weighted by atomic mass is 10.3. The van der Waals surface area contributed by atoms with Crippen molar-refractivity contribution in [2.75, 3.05) is 26.3 Å². The lowest BCUT2D eigenvalue weighted by molar-refractivity contribution is -0.390. The zero-order chi connectivity index (χ0) is 15.3. The SMILES string of the molecule is O=[N+]([O-])c1c(F)cccc1S(=O)(=O)N(CCO)CCO. The zero-order valence-corrected chi connectivity index (χ0v) is 11.1. The van der Waals surface area contributed by atoms with E-state index in [1.165, 1.54) is 0 Å². The molecule has 10 heteroatoms. The topological polar surface area (TPSA) is 121 Å². The number of hydrogen-bond acceptors (Lipinski definition) is 6. The minimum Gasteiger partial charge on any atom is -0.395 e. The van der Waals surface area contributed by atoms with Gasteiger partial charge in [0.15, 0.2) is 4.90 Å². The number of hydrogen-bond donors (Lipinski definition) is 2. The van der Waals surface area contributed by atoms with Crippen molar-refractivity contribution in [3.63, 3.8) is 0 Å². The van der Waals surface area contributed by atoms with Gasteiger partial charge in [0.2, 0.25) is 15.8 Å².